The average Bonchev–Trinajstić information content (AvgIpc) is 3.00. The van der Waals surface area contributed by atoms with Crippen molar-refractivity contribution in [3.8, 4) is 11.4 Å². The largest absolute Gasteiger partial charge is 0.356 e. The fourth-order valence-corrected chi connectivity index (χ4v) is 2.38. The number of hydrogen-bond donors (Lipinski definition) is 1. The third kappa shape index (κ3) is 2.14. The first-order valence-corrected chi connectivity index (χ1v) is 6.16. The van der Waals surface area contributed by atoms with E-state index in [9.17, 15) is 4.79 Å². The molecule has 1 unspecified atom stereocenters. The van der Waals surface area contributed by atoms with E-state index in [1.54, 1.807) is 0 Å². The highest BCUT2D eigenvalue weighted by molar-refractivity contribution is 5.78. The molecule has 92 valence electrons. The lowest BCUT2D eigenvalue weighted by molar-refractivity contribution is -0.119. The molecule has 0 saturated carbocycles. The summed E-state index contributed by atoms with van der Waals surface area (Å²) in [7, 11) is 0. The fraction of sp³-hybridized carbons (Fsp3) is 0.286. The maximum Gasteiger partial charge on any atom is 0.220 e. The van der Waals surface area contributed by atoms with Gasteiger partial charge in [-0.15, -0.1) is 0 Å². The van der Waals surface area contributed by atoms with Crippen molar-refractivity contribution in [3.05, 3.63) is 42.7 Å². The van der Waals surface area contributed by atoms with Gasteiger partial charge in [-0.3, -0.25) is 4.79 Å². The second-order valence-electron chi connectivity index (χ2n) is 4.64. The first-order chi connectivity index (χ1) is 8.83. The molecule has 0 bridgehead atoms. The van der Waals surface area contributed by atoms with Crippen LogP contribution in [-0.2, 0) is 11.3 Å². The van der Waals surface area contributed by atoms with Crippen LogP contribution in [0.3, 0.4) is 0 Å². The van der Waals surface area contributed by atoms with Crippen molar-refractivity contribution in [2.24, 2.45) is 5.92 Å². The molecule has 1 aliphatic heterocycles. The third-order valence-corrected chi connectivity index (χ3v) is 3.26. The minimum atomic E-state index is 0.154. The van der Waals surface area contributed by atoms with Crippen LogP contribution in [0.2, 0.25) is 0 Å². The number of imidazole rings is 1. The van der Waals surface area contributed by atoms with Gasteiger partial charge in [-0.1, -0.05) is 30.3 Å². The summed E-state index contributed by atoms with van der Waals surface area (Å²) in [6.45, 7) is 1.61. The normalized spacial score (nSPS) is 18.9. The Morgan fingerprint density at radius 2 is 2.17 bits per heavy atom. The van der Waals surface area contributed by atoms with E-state index in [0.29, 0.717) is 12.3 Å². The molecule has 1 N–H and O–H groups in total. The number of amides is 1. The summed E-state index contributed by atoms with van der Waals surface area (Å²) < 4.78 is 2.13. The van der Waals surface area contributed by atoms with Crippen molar-refractivity contribution >= 4 is 5.91 Å². The molecule has 18 heavy (non-hydrogen) atoms. The maximum absolute atomic E-state index is 11.2. The summed E-state index contributed by atoms with van der Waals surface area (Å²) in [5.74, 6) is 1.49. The molecule has 1 atom stereocenters. The molecule has 2 heterocycles. The average molecular weight is 241 g/mol. The van der Waals surface area contributed by atoms with Gasteiger partial charge in [0.2, 0.25) is 5.91 Å². The molecule has 3 rings (SSSR count). The van der Waals surface area contributed by atoms with Crippen molar-refractivity contribution in [1.82, 2.24) is 14.9 Å². The molecule has 4 nitrogen and oxygen atoms in total. The number of carbonyl (C=O) groups is 1. The van der Waals surface area contributed by atoms with Crippen LogP contribution in [0.25, 0.3) is 11.4 Å². The van der Waals surface area contributed by atoms with Crippen LogP contribution >= 0.6 is 0 Å². The number of carbonyl (C=O) groups excluding carboxylic acids is 1. The van der Waals surface area contributed by atoms with Gasteiger partial charge in [-0.25, -0.2) is 4.98 Å². The lowest BCUT2D eigenvalue weighted by Gasteiger charge is -2.11. The Hall–Kier alpha value is -2.10. The predicted octanol–water partition coefficient (Wildman–Crippen LogP) is 1.69. The lowest BCUT2D eigenvalue weighted by Crippen LogP contribution is -2.16. The SMILES string of the molecule is O=C1CC(Cn2ccnc2-c2ccccc2)CN1. The van der Waals surface area contributed by atoms with E-state index in [4.69, 9.17) is 0 Å². The standard InChI is InChI=1S/C14H15N3O/c18-13-8-11(9-16-13)10-17-7-6-15-14(17)12-4-2-1-3-5-12/h1-7,11H,8-10H2,(H,16,18). The van der Waals surface area contributed by atoms with Gasteiger partial charge in [0.15, 0.2) is 0 Å². The minimum Gasteiger partial charge on any atom is -0.356 e. The Labute approximate surface area is 106 Å². The van der Waals surface area contributed by atoms with Gasteiger partial charge in [0.05, 0.1) is 0 Å². The van der Waals surface area contributed by atoms with E-state index in [1.807, 2.05) is 30.6 Å². The molecule has 0 spiro atoms. The van der Waals surface area contributed by atoms with Crippen LogP contribution in [0.15, 0.2) is 42.7 Å². The first-order valence-electron chi connectivity index (χ1n) is 6.16. The van der Waals surface area contributed by atoms with Crippen molar-refractivity contribution in [2.45, 2.75) is 13.0 Å². The predicted molar refractivity (Wildman–Crippen MR) is 68.8 cm³/mol. The van der Waals surface area contributed by atoms with Gasteiger partial charge in [0.25, 0.3) is 0 Å². The number of benzene rings is 1. The Bertz CT molecular complexity index is 547. The Kier molecular flexibility index (Phi) is 2.84. The summed E-state index contributed by atoms with van der Waals surface area (Å²) in [5, 5.41) is 2.87. The Morgan fingerprint density at radius 1 is 1.33 bits per heavy atom. The summed E-state index contributed by atoms with van der Waals surface area (Å²) in [5.41, 5.74) is 1.11. The zero-order chi connectivity index (χ0) is 12.4. The molecular weight excluding hydrogens is 226 g/mol. The number of hydrogen-bond acceptors (Lipinski definition) is 2. The molecule has 1 amide bonds. The summed E-state index contributed by atoms with van der Waals surface area (Å²) in [6.07, 6.45) is 4.41. The highest BCUT2D eigenvalue weighted by Crippen LogP contribution is 2.20. The number of aromatic nitrogens is 2. The molecular formula is C14H15N3O. The molecule has 1 aliphatic rings. The summed E-state index contributed by atoms with van der Waals surface area (Å²) in [4.78, 5) is 15.6. The smallest absolute Gasteiger partial charge is 0.220 e. The zero-order valence-electron chi connectivity index (χ0n) is 10.0. The second-order valence-corrected chi connectivity index (χ2v) is 4.64. The highest BCUT2D eigenvalue weighted by Gasteiger charge is 2.22. The van der Waals surface area contributed by atoms with Crippen LogP contribution in [-0.4, -0.2) is 22.0 Å². The van der Waals surface area contributed by atoms with E-state index in [0.717, 1.165) is 24.5 Å². The van der Waals surface area contributed by atoms with Gasteiger partial charge in [0, 0.05) is 43.4 Å². The molecule has 1 saturated heterocycles. The van der Waals surface area contributed by atoms with E-state index >= 15 is 0 Å². The van der Waals surface area contributed by atoms with Crippen LogP contribution < -0.4 is 5.32 Å². The highest BCUT2D eigenvalue weighted by atomic mass is 16.1. The van der Waals surface area contributed by atoms with Gasteiger partial charge in [-0.2, -0.15) is 0 Å². The van der Waals surface area contributed by atoms with Crippen molar-refractivity contribution in [3.63, 3.8) is 0 Å². The molecule has 0 radical (unpaired) electrons. The van der Waals surface area contributed by atoms with Crippen molar-refractivity contribution in [2.75, 3.05) is 6.54 Å². The summed E-state index contributed by atoms with van der Waals surface area (Å²) >= 11 is 0. The van der Waals surface area contributed by atoms with Gasteiger partial charge < -0.3 is 9.88 Å². The molecule has 1 fully saturated rings. The Balaban J connectivity index is 1.82. The fourth-order valence-electron chi connectivity index (χ4n) is 2.38. The first kappa shape index (κ1) is 11.0. The molecule has 1 aromatic heterocycles. The van der Waals surface area contributed by atoms with Gasteiger partial charge in [0.1, 0.15) is 5.82 Å². The van der Waals surface area contributed by atoms with Crippen LogP contribution in [0.5, 0.6) is 0 Å². The number of nitrogens with zero attached hydrogens (tertiary/aromatic N) is 2. The minimum absolute atomic E-state index is 0.154. The van der Waals surface area contributed by atoms with Gasteiger partial charge >= 0.3 is 0 Å². The molecule has 4 heteroatoms. The monoisotopic (exact) mass is 241 g/mol. The molecule has 2 aromatic rings. The zero-order valence-corrected chi connectivity index (χ0v) is 10.0. The third-order valence-electron chi connectivity index (χ3n) is 3.26. The number of nitrogens with one attached hydrogen (secondary N) is 1. The topological polar surface area (TPSA) is 46.9 Å². The summed E-state index contributed by atoms with van der Waals surface area (Å²) in [6, 6.07) is 10.1. The maximum atomic E-state index is 11.2. The lowest BCUT2D eigenvalue weighted by atomic mass is 10.1. The van der Waals surface area contributed by atoms with E-state index in [2.05, 4.69) is 27.0 Å². The van der Waals surface area contributed by atoms with E-state index < -0.39 is 0 Å². The quantitative estimate of drug-likeness (QED) is 0.888. The second kappa shape index (κ2) is 4.64. The number of rotatable bonds is 3. The van der Waals surface area contributed by atoms with Gasteiger partial charge in [-0.05, 0) is 0 Å². The van der Waals surface area contributed by atoms with Crippen LogP contribution in [0.4, 0.5) is 0 Å². The molecule has 0 aliphatic carbocycles. The Morgan fingerprint density at radius 3 is 2.89 bits per heavy atom. The van der Waals surface area contributed by atoms with E-state index in [-0.39, 0.29) is 5.91 Å². The molecule has 1 aromatic carbocycles. The van der Waals surface area contributed by atoms with E-state index in [1.165, 1.54) is 0 Å². The van der Waals surface area contributed by atoms with Crippen LogP contribution in [0.1, 0.15) is 6.42 Å². The van der Waals surface area contributed by atoms with Crippen molar-refractivity contribution < 1.29 is 4.79 Å². The van der Waals surface area contributed by atoms with Crippen molar-refractivity contribution in [1.29, 1.82) is 0 Å². The van der Waals surface area contributed by atoms with Crippen LogP contribution in [0, 0.1) is 5.92 Å².